The van der Waals surface area contributed by atoms with Gasteiger partial charge in [0.25, 0.3) is 0 Å². The predicted octanol–water partition coefficient (Wildman–Crippen LogP) is 1.16. The number of nitrogens with one attached hydrogen (secondary N) is 8. The molecule has 8 aliphatic rings. The van der Waals surface area contributed by atoms with E-state index < -0.39 is 277 Å². The average molecular weight is 1970 g/mol. The van der Waals surface area contributed by atoms with E-state index in [0.29, 0.717) is 5.02 Å². The van der Waals surface area contributed by atoms with Crippen molar-refractivity contribution in [3.8, 4) is 68.2 Å². The van der Waals surface area contributed by atoms with Crippen LogP contribution in [0.4, 0.5) is 0 Å². The number of carboxylic acid groups (broad SMARTS) is 1. The van der Waals surface area contributed by atoms with Gasteiger partial charge in [-0.25, -0.2) is 4.79 Å². The van der Waals surface area contributed by atoms with Crippen molar-refractivity contribution in [2.24, 2.45) is 17.4 Å². The van der Waals surface area contributed by atoms with Gasteiger partial charge in [-0.3, -0.25) is 33.6 Å². The van der Waals surface area contributed by atoms with E-state index in [1.807, 2.05) is 50.2 Å². The molecule has 11 bridgehead atoms. The number of ether oxygens (including phenoxy) is 8. The number of primary amides is 1. The zero-order valence-electron chi connectivity index (χ0n) is 72.0. The number of carbonyl (C=O) groups excluding carboxylic acids is 7. The van der Waals surface area contributed by atoms with Crippen molar-refractivity contribution >= 4 is 97.8 Å². The van der Waals surface area contributed by atoms with Gasteiger partial charge >= 0.3 is 5.97 Å². The molecule has 22 atom stereocenters. The molecule has 48 heteroatoms. The lowest BCUT2D eigenvalue weighted by atomic mass is 9.84. The lowest BCUT2D eigenvalue weighted by molar-refractivity contribution is -0.364. The number of aliphatic carboxylic acids is 1. The SMILES string of the molecule is CN[C@H](CC(C)C)C(=O)N[C@H]1C(=O)N[C@@H](CC(N)=O)C(=O)N[C@H]2C(=O)N[C@H]3C(=O)N[C@H](C(=O)N[C@H](C(=O)O)c4cc(O)cc(O)c4-c4cc3ccc4O)[C@H](O[C@@H]3C[C@](C)(N)[C@@H](O)[C@H](C)O3)c3ccc(c(Cl)c3)Oc3cc2cc(c3O[C@@H]2O[C@H](CO)[C@@H](O)[C@H](O)[C@H]2O[C@@H]2C[C@](C)(NCc3ccc(-c4ccc(Cl)cc4)cc3)[C@@H](O)[C@H](C)O2)Oc2ccc(cc2Cl)[C@H]1O.O=P([O-])([O-])OP(=O)([O-])[O-]. The Morgan fingerprint density at radius 3 is 1.77 bits per heavy atom. The van der Waals surface area contributed by atoms with Gasteiger partial charge in [0.1, 0.15) is 89.5 Å². The maximum atomic E-state index is 16.6. The Morgan fingerprint density at radius 2 is 1.20 bits per heavy atom. The number of hydrogen-bond donors (Lipinski definition) is 20. The number of fused-ring (bicyclic) bond motifs is 15. The minimum atomic E-state index is -5.68. The maximum absolute atomic E-state index is 16.6. The molecule has 724 valence electrons. The fourth-order valence-corrected chi connectivity index (χ4v) is 17.8. The van der Waals surface area contributed by atoms with Crippen LogP contribution in [0.15, 0.2) is 127 Å². The second-order valence-corrected chi connectivity index (χ2v) is 37.4. The summed E-state index contributed by atoms with van der Waals surface area (Å²) in [6.07, 6.45) is -23.0. The summed E-state index contributed by atoms with van der Waals surface area (Å²) < 4.78 is 74.1. The summed E-state index contributed by atoms with van der Waals surface area (Å²) in [4.78, 5) is 158. The minimum absolute atomic E-state index is 0.119. The second kappa shape index (κ2) is 42.1. The number of aliphatic hydroxyl groups is 6. The number of hydrogen-bond acceptors (Lipinski definition) is 35. The largest absolute Gasteiger partial charge is 0.790 e. The molecule has 15 rings (SSSR count). The summed E-state index contributed by atoms with van der Waals surface area (Å²) >= 11 is 20.8. The number of benzene rings is 7. The third-order valence-electron chi connectivity index (χ3n) is 23.1. The number of phenolic OH excluding ortho intramolecular Hbond substituents is 3. The first kappa shape index (κ1) is 103. The van der Waals surface area contributed by atoms with Crippen molar-refractivity contribution in [2.75, 3.05) is 13.7 Å². The number of carboxylic acids is 1. The van der Waals surface area contributed by atoms with Gasteiger partial charge < -0.3 is 176 Å². The van der Waals surface area contributed by atoms with E-state index in [9.17, 15) is 94.2 Å². The van der Waals surface area contributed by atoms with Crippen molar-refractivity contribution in [3.63, 3.8) is 0 Å². The Bertz CT molecular complexity index is 5650. The maximum Gasteiger partial charge on any atom is 0.330 e. The third-order valence-corrected chi connectivity index (χ3v) is 25.6. The number of aliphatic hydroxyl groups excluding tert-OH is 6. The third kappa shape index (κ3) is 24.2. The minimum Gasteiger partial charge on any atom is -0.790 e. The van der Waals surface area contributed by atoms with Crippen LogP contribution < -0.4 is 87.8 Å². The van der Waals surface area contributed by atoms with Crippen LogP contribution in [0.2, 0.25) is 15.1 Å². The van der Waals surface area contributed by atoms with E-state index >= 15 is 24.0 Å². The Hall–Kier alpha value is -10.3. The molecule has 0 spiro atoms. The molecule has 0 aromatic heterocycles. The van der Waals surface area contributed by atoms with Crippen LogP contribution in [0, 0.1) is 5.92 Å². The molecule has 0 unspecified atom stereocenters. The van der Waals surface area contributed by atoms with Crippen LogP contribution in [0.3, 0.4) is 0 Å². The summed E-state index contributed by atoms with van der Waals surface area (Å²) in [6.45, 7) is 9.06. The topological polar surface area (TPSA) is 697 Å². The van der Waals surface area contributed by atoms with E-state index in [1.165, 1.54) is 51.2 Å². The quantitative estimate of drug-likeness (QED) is 0.0449. The fraction of sp³-hybridized carbons (Fsp3) is 0.419. The van der Waals surface area contributed by atoms with E-state index in [-0.39, 0.29) is 59.2 Å². The van der Waals surface area contributed by atoms with Crippen LogP contribution in [-0.4, -0.2) is 215 Å². The molecule has 3 saturated heterocycles. The van der Waals surface area contributed by atoms with Gasteiger partial charge in [0.05, 0.1) is 69.2 Å². The Kier molecular flexibility index (Phi) is 32.2. The summed E-state index contributed by atoms with van der Waals surface area (Å²) in [5.41, 5.74) is 9.60. The van der Waals surface area contributed by atoms with Crippen LogP contribution >= 0.6 is 50.4 Å². The highest BCUT2D eigenvalue weighted by atomic mass is 35.5. The summed E-state index contributed by atoms with van der Waals surface area (Å²) in [5.74, 6) is -16.1. The Balaban J connectivity index is 0.00000170. The van der Waals surface area contributed by atoms with Gasteiger partial charge in [-0.1, -0.05) is 103 Å². The van der Waals surface area contributed by atoms with Crippen molar-refractivity contribution in [2.45, 2.75) is 207 Å². The molecule has 134 heavy (non-hydrogen) atoms. The smallest absolute Gasteiger partial charge is 0.330 e. The molecule has 7 aromatic rings. The van der Waals surface area contributed by atoms with Gasteiger partial charge in [0.15, 0.2) is 36.2 Å². The number of amides is 7. The zero-order chi connectivity index (χ0) is 98.0. The number of nitrogens with two attached hydrogens (primary N) is 2. The molecule has 43 nitrogen and oxygen atoms in total. The van der Waals surface area contributed by atoms with E-state index in [2.05, 4.69) is 46.8 Å². The first-order chi connectivity index (χ1) is 62.9. The van der Waals surface area contributed by atoms with E-state index in [0.717, 1.165) is 65.2 Å². The highest BCUT2D eigenvalue weighted by Crippen LogP contribution is 2.51. The molecule has 3 fully saturated rings. The number of rotatable bonds is 21. The molecule has 8 aliphatic heterocycles. The lowest BCUT2D eigenvalue weighted by Gasteiger charge is -2.48. The van der Waals surface area contributed by atoms with Crippen LogP contribution in [0.5, 0.6) is 46.0 Å². The summed E-state index contributed by atoms with van der Waals surface area (Å²) in [5, 5.41) is 138. The van der Waals surface area contributed by atoms with E-state index in [4.69, 9.17) is 84.2 Å². The molecule has 22 N–H and O–H groups in total. The molecule has 0 aliphatic carbocycles. The molecule has 0 saturated carbocycles. The lowest BCUT2D eigenvalue weighted by Crippen LogP contribution is -2.65. The summed E-state index contributed by atoms with van der Waals surface area (Å²) in [6, 6.07) is 14.5. The van der Waals surface area contributed by atoms with Crippen LogP contribution in [0.1, 0.15) is 131 Å². The Morgan fingerprint density at radius 1 is 0.634 bits per heavy atom. The number of carbonyl (C=O) groups is 8. The Labute approximate surface area is 778 Å². The molecular formula is C86H97Cl3N10O33P2-4. The van der Waals surface area contributed by atoms with Crippen molar-refractivity contribution in [1.82, 2.24) is 42.5 Å². The molecule has 7 amide bonds. The summed E-state index contributed by atoms with van der Waals surface area (Å²) in [7, 11) is -9.87. The van der Waals surface area contributed by atoms with Crippen LogP contribution in [0.25, 0.3) is 22.3 Å². The van der Waals surface area contributed by atoms with Crippen molar-refractivity contribution in [1.29, 1.82) is 0 Å². The molecule has 8 heterocycles. The van der Waals surface area contributed by atoms with Gasteiger partial charge in [-0.05, 0) is 153 Å². The zero-order valence-corrected chi connectivity index (χ0v) is 76.1. The van der Waals surface area contributed by atoms with Gasteiger partial charge in [-0.15, -0.1) is 0 Å². The standard InChI is InChI=1S/C86H97Cl3N10O26.H4O7P2/c1-35(2)22-51(92-7)77(110)98-67-69(105)42-15-20-55(49(88)24-42)120-57-26-44-27-58(73(57)125-84-74(71(107)70(106)59(34-100)122-84)124-62-32-86(6,76(109)37(4)119-62)93-33-38-8-10-39(11-9-38)40-12-17-45(87)18-13-40)121-56-21-16-43(25-50(56)89)72(123-61-31-85(5,91)75(108)36(3)118-61)68-82(115)97-66(83(116)117)48-28-46(101)29-54(103)63(48)47-23-41(14-19-53(47)102)64(79(112)99-68)96-80(113)65(44)95-78(111)52(30-60(90)104)94-81(67)114;1-8(2,3)7-9(4,5)6/h8-21,23-29,35-37,51-52,59,61-62,64-72,74-76,84,92-93,100-103,105-109H,22,30-34,91H2,1-7H3,(H2,90,104)(H,94,114)(H,95,111)(H,96,113)(H,97,115)(H,98,110)(H,99,112)(H,116,117);(H2,1,2,3)(H2,4,5,6)/p-4/t36-,37-,51+,52-,59+,61+,62+,64+,65+,66-,67+,68-,69+,70+,71-,72+,74+,75-,76-,84-,85-,86-;/m0./s1. The normalized spacial score (nSPS) is 28.7. The van der Waals surface area contributed by atoms with Crippen molar-refractivity contribution in [3.05, 3.63) is 176 Å². The fourth-order valence-electron chi connectivity index (χ4n) is 16.3. The van der Waals surface area contributed by atoms with Crippen LogP contribution in [-0.2, 0) is 82.0 Å². The van der Waals surface area contributed by atoms with Gasteiger partial charge in [0, 0.05) is 58.2 Å². The second-order valence-electron chi connectivity index (χ2n) is 33.7. The van der Waals surface area contributed by atoms with Gasteiger partial charge in [0.2, 0.25) is 53.4 Å². The van der Waals surface area contributed by atoms with E-state index in [1.54, 1.807) is 26.0 Å². The predicted molar refractivity (Wildman–Crippen MR) is 462 cm³/mol. The monoisotopic (exact) mass is 1960 g/mol. The number of likely N-dealkylation sites (N-methyl/N-ethyl adjacent to an activating group) is 1. The first-order valence-electron chi connectivity index (χ1n) is 41.5. The average Bonchev–Trinajstić information content (AvgIpc) is 0.763. The molecular weight excluding hydrogens is 1870 g/mol. The molecule has 0 radical (unpaired) electrons. The van der Waals surface area contributed by atoms with Gasteiger partial charge in [-0.2, -0.15) is 0 Å². The number of phosphoric acid groups is 2. The first-order valence-corrected chi connectivity index (χ1v) is 45.6. The number of aromatic hydroxyl groups is 3. The number of halogens is 3. The highest BCUT2D eigenvalue weighted by Gasteiger charge is 2.53. The highest BCUT2D eigenvalue weighted by molar-refractivity contribution is 7.57. The van der Waals surface area contributed by atoms with Crippen molar-refractivity contribution < 1.29 is 160 Å². The molecule has 7 aromatic carbocycles. The number of phenols is 3.